The first-order chi connectivity index (χ1) is 8.36. The molecule has 1 fully saturated rings. The average Bonchev–Trinajstić information content (AvgIpc) is 2.82. The van der Waals surface area contributed by atoms with Crippen molar-refractivity contribution >= 4 is 42.1 Å². The lowest BCUT2D eigenvalue weighted by Gasteiger charge is -2.30. The predicted octanol–water partition coefficient (Wildman–Crippen LogP) is 2.24. The van der Waals surface area contributed by atoms with E-state index in [9.17, 15) is 0 Å². The highest BCUT2D eigenvalue weighted by Crippen LogP contribution is 2.24. The number of pyridine rings is 1. The summed E-state index contributed by atoms with van der Waals surface area (Å²) in [4.78, 5) is 10.8. The van der Waals surface area contributed by atoms with Gasteiger partial charge in [0.25, 0.3) is 6.01 Å². The van der Waals surface area contributed by atoms with Gasteiger partial charge in [0.15, 0.2) is 5.58 Å². The molecule has 0 amide bonds. The molecule has 2 N–H and O–H groups in total. The molecule has 2 aromatic heterocycles. The summed E-state index contributed by atoms with van der Waals surface area (Å²) >= 11 is 0. The van der Waals surface area contributed by atoms with E-state index in [0.717, 1.165) is 31.6 Å². The van der Waals surface area contributed by atoms with E-state index in [1.807, 2.05) is 12.1 Å². The quantitative estimate of drug-likeness (QED) is 0.921. The van der Waals surface area contributed by atoms with Crippen molar-refractivity contribution in [3.63, 3.8) is 0 Å². The number of anilines is 1. The molecule has 0 aliphatic carbocycles. The van der Waals surface area contributed by atoms with Gasteiger partial charge in [-0.05, 0) is 37.4 Å². The van der Waals surface area contributed by atoms with Crippen LogP contribution in [0.2, 0.25) is 0 Å². The van der Waals surface area contributed by atoms with Crippen LogP contribution in [0.3, 0.4) is 0 Å². The molecule has 106 valence electrons. The Morgan fingerprint density at radius 3 is 3.00 bits per heavy atom. The molecule has 7 heteroatoms. The summed E-state index contributed by atoms with van der Waals surface area (Å²) < 4.78 is 5.71. The number of aromatic nitrogens is 2. The maximum Gasteiger partial charge on any atom is 0.299 e. The number of rotatable bonds is 2. The molecule has 0 radical (unpaired) electrons. The van der Waals surface area contributed by atoms with Crippen molar-refractivity contribution in [3.05, 3.63) is 18.3 Å². The first-order valence-corrected chi connectivity index (χ1v) is 6.03. The molecule has 0 aromatic carbocycles. The van der Waals surface area contributed by atoms with Crippen molar-refractivity contribution in [2.75, 3.05) is 24.5 Å². The van der Waals surface area contributed by atoms with Crippen molar-refractivity contribution in [3.8, 4) is 0 Å². The fourth-order valence-electron chi connectivity index (χ4n) is 2.32. The average molecular weight is 305 g/mol. The summed E-state index contributed by atoms with van der Waals surface area (Å²) in [5.74, 6) is 0.548. The minimum atomic E-state index is 0. The first-order valence-electron chi connectivity index (χ1n) is 6.03. The molecule has 1 atom stereocenters. The summed E-state index contributed by atoms with van der Waals surface area (Å²) in [5.41, 5.74) is 7.15. The molecular formula is C12H18Cl2N4O. The number of nitrogens with zero attached hydrogens (tertiary/aromatic N) is 3. The van der Waals surface area contributed by atoms with E-state index < -0.39 is 0 Å². The fourth-order valence-corrected chi connectivity index (χ4v) is 2.32. The lowest BCUT2D eigenvalue weighted by Crippen LogP contribution is -2.38. The van der Waals surface area contributed by atoms with Gasteiger partial charge in [0, 0.05) is 19.3 Å². The summed E-state index contributed by atoms with van der Waals surface area (Å²) in [6.45, 7) is 2.65. The molecule has 5 nitrogen and oxygen atoms in total. The van der Waals surface area contributed by atoms with Gasteiger partial charge in [-0.2, -0.15) is 4.98 Å². The Balaban J connectivity index is 0.000000902. The Morgan fingerprint density at radius 2 is 2.26 bits per heavy atom. The second kappa shape index (κ2) is 6.93. The van der Waals surface area contributed by atoms with E-state index in [4.69, 9.17) is 10.2 Å². The lowest BCUT2D eigenvalue weighted by molar-refractivity contribution is 0.403. The zero-order valence-electron chi connectivity index (χ0n) is 10.5. The first kappa shape index (κ1) is 16.0. The molecule has 1 aliphatic heterocycles. The van der Waals surface area contributed by atoms with Gasteiger partial charge in [-0.1, -0.05) is 0 Å². The van der Waals surface area contributed by atoms with Gasteiger partial charge in [-0.3, -0.25) is 0 Å². The number of nitrogens with two attached hydrogens (primary N) is 1. The Hall–Kier alpha value is -1.04. The third-order valence-corrected chi connectivity index (χ3v) is 3.28. The van der Waals surface area contributed by atoms with E-state index in [2.05, 4.69) is 14.9 Å². The van der Waals surface area contributed by atoms with E-state index in [0.29, 0.717) is 17.6 Å². The molecule has 0 spiro atoms. The molecule has 3 rings (SSSR count). The van der Waals surface area contributed by atoms with Crippen molar-refractivity contribution in [1.82, 2.24) is 9.97 Å². The normalized spacial score (nSPS) is 18.8. The number of oxazole rings is 1. The SMILES string of the molecule is Cl.Cl.NCC1CCCN(c2nc3ncccc3o2)C1. The Kier molecular flexibility index (Phi) is 5.85. The molecule has 0 bridgehead atoms. The van der Waals surface area contributed by atoms with Crippen molar-refractivity contribution < 1.29 is 4.42 Å². The second-order valence-electron chi connectivity index (χ2n) is 4.51. The molecule has 2 aromatic rings. The van der Waals surface area contributed by atoms with Gasteiger partial charge in [-0.25, -0.2) is 4.98 Å². The zero-order valence-corrected chi connectivity index (χ0v) is 12.1. The highest BCUT2D eigenvalue weighted by Gasteiger charge is 2.22. The maximum absolute atomic E-state index is 5.73. The topological polar surface area (TPSA) is 68.2 Å². The maximum atomic E-state index is 5.73. The standard InChI is InChI=1S/C12H16N4O.2ClH/c13-7-9-3-2-6-16(8-9)12-15-11-10(17-12)4-1-5-14-11;;/h1,4-5,9H,2-3,6-8,13H2;2*1H. The fraction of sp³-hybridized carbons (Fsp3) is 0.500. The van der Waals surface area contributed by atoms with E-state index in [1.54, 1.807) is 6.20 Å². The monoisotopic (exact) mass is 304 g/mol. The van der Waals surface area contributed by atoms with Crippen molar-refractivity contribution in [1.29, 1.82) is 0 Å². The number of hydrogen-bond acceptors (Lipinski definition) is 5. The number of piperidine rings is 1. The van der Waals surface area contributed by atoms with Crippen molar-refractivity contribution in [2.24, 2.45) is 11.7 Å². The predicted molar refractivity (Wildman–Crippen MR) is 80.3 cm³/mol. The van der Waals surface area contributed by atoms with Gasteiger partial charge < -0.3 is 15.1 Å². The van der Waals surface area contributed by atoms with Gasteiger partial charge in [0.05, 0.1) is 0 Å². The van der Waals surface area contributed by atoms with Crippen LogP contribution in [0.4, 0.5) is 6.01 Å². The highest BCUT2D eigenvalue weighted by molar-refractivity contribution is 5.85. The largest absolute Gasteiger partial charge is 0.422 e. The van der Waals surface area contributed by atoms with Crippen LogP contribution in [0.5, 0.6) is 0 Å². The Morgan fingerprint density at radius 1 is 1.42 bits per heavy atom. The van der Waals surface area contributed by atoms with Crippen LogP contribution in [-0.4, -0.2) is 29.6 Å². The van der Waals surface area contributed by atoms with Crippen LogP contribution in [-0.2, 0) is 0 Å². The van der Waals surface area contributed by atoms with E-state index >= 15 is 0 Å². The second-order valence-corrected chi connectivity index (χ2v) is 4.51. The summed E-state index contributed by atoms with van der Waals surface area (Å²) in [5, 5.41) is 0. The van der Waals surface area contributed by atoms with Crippen LogP contribution < -0.4 is 10.6 Å². The molecule has 0 saturated carbocycles. The smallest absolute Gasteiger partial charge is 0.299 e. The van der Waals surface area contributed by atoms with Crippen LogP contribution in [0.25, 0.3) is 11.2 Å². The molecule has 1 aliphatic rings. The molecule has 1 unspecified atom stereocenters. The third kappa shape index (κ3) is 3.29. The van der Waals surface area contributed by atoms with E-state index in [-0.39, 0.29) is 24.8 Å². The molecule has 3 heterocycles. The van der Waals surface area contributed by atoms with E-state index in [1.165, 1.54) is 6.42 Å². The highest BCUT2D eigenvalue weighted by atomic mass is 35.5. The van der Waals surface area contributed by atoms with Gasteiger partial charge >= 0.3 is 0 Å². The van der Waals surface area contributed by atoms with Crippen LogP contribution >= 0.6 is 24.8 Å². The van der Waals surface area contributed by atoms with Crippen molar-refractivity contribution in [2.45, 2.75) is 12.8 Å². The Labute approximate surface area is 124 Å². The van der Waals surface area contributed by atoms with Gasteiger partial charge in [-0.15, -0.1) is 24.8 Å². The van der Waals surface area contributed by atoms with Crippen LogP contribution in [0.15, 0.2) is 22.7 Å². The Bertz CT molecular complexity index is 486. The molecule has 1 saturated heterocycles. The van der Waals surface area contributed by atoms with Crippen LogP contribution in [0, 0.1) is 5.92 Å². The zero-order chi connectivity index (χ0) is 11.7. The molecular weight excluding hydrogens is 287 g/mol. The summed E-state index contributed by atoms with van der Waals surface area (Å²) in [6.07, 6.45) is 4.08. The number of fused-ring (bicyclic) bond motifs is 1. The van der Waals surface area contributed by atoms with Gasteiger partial charge in [0.2, 0.25) is 5.65 Å². The minimum Gasteiger partial charge on any atom is -0.422 e. The van der Waals surface area contributed by atoms with Crippen LogP contribution in [0.1, 0.15) is 12.8 Å². The number of hydrogen-bond donors (Lipinski definition) is 1. The number of halogens is 2. The third-order valence-electron chi connectivity index (χ3n) is 3.28. The lowest BCUT2D eigenvalue weighted by atomic mass is 9.99. The molecule has 19 heavy (non-hydrogen) atoms. The van der Waals surface area contributed by atoms with Gasteiger partial charge in [0.1, 0.15) is 0 Å². The summed E-state index contributed by atoms with van der Waals surface area (Å²) in [7, 11) is 0. The minimum absolute atomic E-state index is 0. The summed E-state index contributed by atoms with van der Waals surface area (Å²) in [6, 6.07) is 4.43.